The van der Waals surface area contributed by atoms with Gasteiger partial charge in [-0.25, -0.2) is 4.79 Å². The molecule has 1 aromatic carbocycles. The number of rotatable bonds is 4. The smallest absolute Gasteiger partial charge is 0.408 e. The molecule has 0 spiro atoms. The molecule has 2 rings (SSSR count). The van der Waals surface area contributed by atoms with E-state index in [0.29, 0.717) is 19.4 Å². The number of amides is 3. The number of carbonyl (C=O) groups is 3. The lowest BCUT2D eigenvalue weighted by Crippen LogP contribution is -2.50. The summed E-state index contributed by atoms with van der Waals surface area (Å²) in [6, 6.07) is 8.37. The summed E-state index contributed by atoms with van der Waals surface area (Å²) < 4.78 is 5.24. The van der Waals surface area contributed by atoms with Crippen molar-refractivity contribution in [2.45, 2.75) is 51.8 Å². The van der Waals surface area contributed by atoms with Crippen LogP contribution >= 0.6 is 0 Å². The van der Waals surface area contributed by atoms with E-state index in [1.54, 1.807) is 6.08 Å². The van der Waals surface area contributed by atoms with E-state index in [2.05, 4.69) is 16.0 Å². The zero-order chi connectivity index (χ0) is 20.4. The minimum Gasteiger partial charge on any atom is -0.445 e. The molecule has 0 saturated heterocycles. The van der Waals surface area contributed by atoms with Crippen molar-refractivity contribution in [1.29, 1.82) is 0 Å². The Bertz CT molecular complexity index is 688. The van der Waals surface area contributed by atoms with Crippen molar-refractivity contribution >= 4 is 17.9 Å². The van der Waals surface area contributed by atoms with Crippen LogP contribution < -0.4 is 16.0 Å². The second-order valence-corrected chi connectivity index (χ2v) is 7.18. The van der Waals surface area contributed by atoms with Crippen LogP contribution in [0.5, 0.6) is 0 Å². The van der Waals surface area contributed by atoms with Gasteiger partial charge in [0.05, 0.1) is 0 Å². The van der Waals surface area contributed by atoms with Crippen molar-refractivity contribution in [3.63, 3.8) is 0 Å². The van der Waals surface area contributed by atoms with Crippen molar-refractivity contribution in [3.8, 4) is 0 Å². The Morgan fingerprint density at radius 2 is 1.96 bits per heavy atom. The lowest BCUT2D eigenvalue weighted by Gasteiger charge is -2.24. The third kappa shape index (κ3) is 7.42. The van der Waals surface area contributed by atoms with Crippen LogP contribution in [0, 0.1) is 5.92 Å². The third-order valence-electron chi connectivity index (χ3n) is 4.52. The van der Waals surface area contributed by atoms with E-state index in [1.165, 1.54) is 6.08 Å². The first kappa shape index (κ1) is 21.5. The number of ether oxygens (including phenoxy) is 1. The molecule has 0 fully saturated rings. The fraction of sp³-hybridized carbons (Fsp3) is 0.476. The molecule has 3 amide bonds. The summed E-state index contributed by atoms with van der Waals surface area (Å²) in [7, 11) is 0. The quantitative estimate of drug-likeness (QED) is 0.738. The minimum absolute atomic E-state index is 0.0987. The molecule has 0 radical (unpaired) electrons. The summed E-state index contributed by atoms with van der Waals surface area (Å²) in [5.74, 6) is -0.345. The van der Waals surface area contributed by atoms with E-state index in [0.717, 1.165) is 12.0 Å². The first-order valence-electron chi connectivity index (χ1n) is 9.69. The van der Waals surface area contributed by atoms with Crippen molar-refractivity contribution in [2.24, 2.45) is 5.92 Å². The van der Waals surface area contributed by atoms with Crippen molar-refractivity contribution in [1.82, 2.24) is 16.0 Å². The number of hydrogen-bond donors (Lipinski definition) is 3. The van der Waals surface area contributed by atoms with Crippen LogP contribution in [0.1, 0.15) is 38.7 Å². The summed E-state index contributed by atoms with van der Waals surface area (Å²) in [6.07, 6.45) is 4.39. The van der Waals surface area contributed by atoms with Gasteiger partial charge in [-0.1, -0.05) is 50.3 Å². The van der Waals surface area contributed by atoms with Gasteiger partial charge < -0.3 is 20.7 Å². The van der Waals surface area contributed by atoms with Crippen LogP contribution in [-0.2, 0) is 20.9 Å². The highest BCUT2D eigenvalue weighted by Crippen LogP contribution is 2.08. The van der Waals surface area contributed by atoms with E-state index in [-0.39, 0.29) is 30.4 Å². The van der Waals surface area contributed by atoms with Crippen molar-refractivity contribution in [2.75, 3.05) is 6.54 Å². The lowest BCUT2D eigenvalue weighted by atomic mass is 10.0. The lowest BCUT2D eigenvalue weighted by molar-refractivity contribution is -0.124. The fourth-order valence-electron chi connectivity index (χ4n) is 2.81. The number of alkyl carbamates (subject to hydrolysis) is 1. The first-order valence-corrected chi connectivity index (χ1v) is 9.69. The average molecular weight is 387 g/mol. The predicted molar refractivity (Wildman–Crippen MR) is 106 cm³/mol. The minimum atomic E-state index is -0.687. The molecule has 3 N–H and O–H groups in total. The molecular weight excluding hydrogens is 358 g/mol. The molecule has 0 aromatic heterocycles. The van der Waals surface area contributed by atoms with Gasteiger partial charge in [0, 0.05) is 18.7 Å². The summed E-state index contributed by atoms with van der Waals surface area (Å²) in [5, 5.41) is 8.40. The zero-order valence-corrected chi connectivity index (χ0v) is 16.4. The standard InChI is InChI=1S/C21H29N3O4/c1-15(2)17-11-12-19(25)22-13-7-6-10-18(20(26)23-17)24-21(27)28-14-16-8-4-3-5-9-16/h3-5,8-9,11-12,15,17-18H,6-7,10,13-14H2,1-2H3,(H,22,25)(H,23,26)(H,24,27)/b12-11+/t17-,18+/m1/s1. The highest BCUT2D eigenvalue weighted by Gasteiger charge is 2.24. The second-order valence-electron chi connectivity index (χ2n) is 7.18. The Kier molecular flexibility index (Phi) is 8.52. The Hall–Kier alpha value is -2.83. The highest BCUT2D eigenvalue weighted by molar-refractivity contribution is 5.88. The Morgan fingerprint density at radius 3 is 2.68 bits per heavy atom. The van der Waals surface area contributed by atoms with Gasteiger partial charge in [-0.2, -0.15) is 0 Å². The first-order chi connectivity index (χ1) is 13.5. The van der Waals surface area contributed by atoms with E-state index in [9.17, 15) is 14.4 Å². The van der Waals surface area contributed by atoms with Crippen LogP contribution in [0.4, 0.5) is 4.79 Å². The van der Waals surface area contributed by atoms with Gasteiger partial charge >= 0.3 is 6.09 Å². The third-order valence-corrected chi connectivity index (χ3v) is 4.52. The molecule has 1 aromatic rings. The Balaban J connectivity index is 1.99. The van der Waals surface area contributed by atoms with E-state index in [4.69, 9.17) is 4.74 Å². The normalized spacial score (nSPS) is 22.2. The Labute approximate surface area is 165 Å². The molecule has 7 nitrogen and oxygen atoms in total. The maximum atomic E-state index is 12.7. The van der Waals surface area contributed by atoms with E-state index < -0.39 is 12.1 Å². The van der Waals surface area contributed by atoms with Gasteiger partial charge in [0.1, 0.15) is 12.6 Å². The molecule has 1 aliphatic rings. The maximum Gasteiger partial charge on any atom is 0.408 e. The van der Waals surface area contributed by atoms with E-state index in [1.807, 2.05) is 44.2 Å². The van der Waals surface area contributed by atoms with Gasteiger partial charge in [0.25, 0.3) is 0 Å². The van der Waals surface area contributed by atoms with Crippen LogP contribution in [0.25, 0.3) is 0 Å². The molecule has 2 atom stereocenters. The fourth-order valence-corrected chi connectivity index (χ4v) is 2.81. The monoisotopic (exact) mass is 387 g/mol. The van der Waals surface area contributed by atoms with Gasteiger partial charge in [0.2, 0.25) is 11.8 Å². The molecule has 0 bridgehead atoms. The Morgan fingerprint density at radius 1 is 1.21 bits per heavy atom. The van der Waals surface area contributed by atoms with Gasteiger partial charge in [-0.05, 0) is 30.7 Å². The maximum absolute atomic E-state index is 12.7. The summed E-state index contributed by atoms with van der Waals surface area (Å²) >= 11 is 0. The summed E-state index contributed by atoms with van der Waals surface area (Å²) in [5.41, 5.74) is 0.876. The molecule has 0 aliphatic carbocycles. The SMILES string of the molecule is CC(C)[C@H]1/C=C/C(=O)NCCCC[C@H](NC(=O)OCc2ccccc2)C(=O)N1. The molecule has 1 heterocycles. The average Bonchev–Trinajstić information content (AvgIpc) is 2.67. The van der Waals surface area contributed by atoms with Crippen molar-refractivity contribution in [3.05, 3.63) is 48.0 Å². The zero-order valence-electron chi connectivity index (χ0n) is 16.4. The van der Waals surface area contributed by atoms with Crippen LogP contribution in [-0.4, -0.2) is 36.5 Å². The predicted octanol–water partition coefficient (Wildman–Crippen LogP) is 2.28. The topological polar surface area (TPSA) is 96.5 Å². The molecular formula is C21H29N3O4. The molecule has 28 heavy (non-hydrogen) atoms. The summed E-state index contributed by atoms with van der Waals surface area (Å²) in [6.45, 7) is 4.58. The largest absolute Gasteiger partial charge is 0.445 e. The molecule has 0 saturated carbocycles. The van der Waals surface area contributed by atoms with Crippen LogP contribution in [0.15, 0.2) is 42.5 Å². The summed E-state index contributed by atoms with van der Waals surface area (Å²) in [4.78, 5) is 36.7. The van der Waals surface area contributed by atoms with Crippen LogP contribution in [0.3, 0.4) is 0 Å². The van der Waals surface area contributed by atoms with Gasteiger partial charge in [-0.3, -0.25) is 9.59 Å². The molecule has 7 heteroatoms. The number of hydrogen-bond acceptors (Lipinski definition) is 4. The van der Waals surface area contributed by atoms with Crippen LogP contribution in [0.2, 0.25) is 0 Å². The molecule has 1 aliphatic heterocycles. The molecule has 152 valence electrons. The number of benzene rings is 1. The van der Waals surface area contributed by atoms with Crippen molar-refractivity contribution < 1.29 is 19.1 Å². The van der Waals surface area contributed by atoms with Gasteiger partial charge in [0.15, 0.2) is 0 Å². The second kappa shape index (κ2) is 11.1. The number of carbonyl (C=O) groups excluding carboxylic acids is 3. The highest BCUT2D eigenvalue weighted by atomic mass is 16.5. The van der Waals surface area contributed by atoms with E-state index >= 15 is 0 Å². The molecule has 0 unspecified atom stereocenters. The van der Waals surface area contributed by atoms with Gasteiger partial charge in [-0.15, -0.1) is 0 Å². The number of nitrogens with one attached hydrogen (secondary N) is 3.